The highest BCUT2D eigenvalue weighted by molar-refractivity contribution is 8.18. The zero-order valence-corrected chi connectivity index (χ0v) is 14.3. The quantitative estimate of drug-likeness (QED) is 0.689. The van der Waals surface area contributed by atoms with Gasteiger partial charge in [0, 0.05) is 23.2 Å². The second-order valence-electron chi connectivity index (χ2n) is 4.75. The van der Waals surface area contributed by atoms with Crippen molar-refractivity contribution in [2.45, 2.75) is 6.92 Å². The Hall–Kier alpha value is -1.69. The minimum Gasteiger partial charge on any atom is -0.457 e. The molecule has 1 aliphatic rings. The minimum absolute atomic E-state index is 0.267. The average molecular weight is 368 g/mol. The van der Waals surface area contributed by atoms with E-state index in [-0.39, 0.29) is 11.1 Å². The van der Waals surface area contributed by atoms with Crippen molar-refractivity contribution in [2.24, 2.45) is 0 Å². The van der Waals surface area contributed by atoms with Gasteiger partial charge in [0.25, 0.3) is 11.1 Å². The average Bonchev–Trinajstić information content (AvgIpc) is 3.05. The van der Waals surface area contributed by atoms with E-state index in [1.165, 1.54) is 4.90 Å². The summed E-state index contributed by atoms with van der Waals surface area (Å²) in [6.07, 6.45) is 1.56. The molecule has 7 heteroatoms. The van der Waals surface area contributed by atoms with Gasteiger partial charge < -0.3 is 4.42 Å². The molecule has 0 N–H and O–H groups in total. The highest BCUT2D eigenvalue weighted by Crippen LogP contribution is 2.35. The number of carbonyl (C=O) groups is 2. The molecule has 1 aromatic heterocycles. The lowest BCUT2D eigenvalue weighted by Gasteiger charge is -2.06. The number of benzene rings is 1. The third-order valence-corrected chi connectivity index (χ3v) is 4.74. The SMILES string of the molecule is CCN1C(=O)SC(=Cc2ccc(-c3ccc(Cl)cc3Cl)o2)C1=O. The van der Waals surface area contributed by atoms with E-state index in [9.17, 15) is 9.59 Å². The lowest BCUT2D eigenvalue weighted by molar-refractivity contribution is -0.122. The monoisotopic (exact) mass is 367 g/mol. The van der Waals surface area contributed by atoms with Crippen LogP contribution in [0.15, 0.2) is 39.7 Å². The van der Waals surface area contributed by atoms with Crippen molar-refractivity contribution in [1.29, 1.82) is 0 Å². The summed E-state index contributed by atoms with van der Waals surface area (Å²) in [7, 11) is 0. The third-order valence-electron chi connectivity index (χ3n) is 3.29. The van der Waals surface area contributed by atoms with Crippen LogP contribution in [0.2, 0.25) is 10.0 Å². The number of hydrogen-bond donors (Lipinski definition) is 0. The van der Waals surface area contributed by atoms with Gasteiger partial charge in [-0.2, -0.15) is 0 Å². The van der Waals surface area contributed by atoms with E-state index in [4.69, 9.17) is 27.6 Å². The van der Waals surface area contributed by atoms with E-state index < -0.39 is 0 Å². The van der Waals surface area contributed by atoms with Crippen LogP contribution >= 0.6 is 35.0 Å². The fourth-order valence-corrected chi connectivity index (χ4v) is 3.55. The first-order chi connectivity index (χ1) is 11.0. The molecule has 1 aliphatic heterocycles. The van der Waals surface area contributed by atoms with Gasteiger partial charge in [0.15, 0.2) is 0 Å². The first-order valence-corrected chi connectivity index (χ1v) is 8.37. The van der Waals surface area contributed by atoms with Crippen molar-refractivity contribution in [1.82, 2.24) is 4.90 Å². The van der Waals surface area contributed by atoms with Crippen molar-refractivity contribution in [3.63, 3.8) is 0 Å². The Kier molecular flexibility index (Phi) is 4.53. The molecule has 2 amide bonds. The topological polar surface area (TPSA) is 50.5 Å². The maximum atomic E-state index is 12.1. The van der Waals surface area contributed by atoms with Crippen molar-refractivity contribution < 1.29 is 14.0 Å². The molecule has 0 aliphatic carbocycles. The van der Waals surface area contributed by atoms with Crippen molar-refractivity contribution in [3.8, 4) is 11.3 Å². The van der Waals surface area contributed by atoms with Crippen molar-refractivity contribution in [2.75, 3.05) is 6.54 Å². The molecule has 2 aromatic rings. The van der Waals surface area contributed by atoms with Gasteiger partial charge in [0.1, 0.15) is 11.5 Å². The largest absolute Gasteiger partial charge is 0.457 e. The summed E-state index contributed by atoms with van der Waals surface area (Å²) in [6, 6.07) is 8.59. The first-order valence-electron chi connectivity index (χ1n) is 6.80. The van der Waals surface area contributed by atoms with Crippen LogP contribution in [0.4, 0.5) is 4.79 Å². The van der Waals surface area contributed by atoms with E-state index in [1.54, 1.807) is 43.3 Å². The summed E-state index contributed by atoms with van der Waals surface area (Å²) in [5.41, 5.74) is 0.706. The Bertz CT molecular complexity index is 828. The fourth-order valence-electron chi connectivity index (χ4n) is 2.17. The second kappa shape index (κ2) is 6.43. The van der Waals surface area contributed by atoms with E-state index in [0.29, 0.717) is 38.6 Å². The Morgan fingerprint density at radius 2 is 2.00 bits per heavy atom. The zero-order valence-electron chi connectivity index (χ0n) is 12.0. The van der Waals surface area contributed by atoms with E-state index in [0.717, 1.165) is 11.8 Å². The fraction of sp³-hybridized carbons (Fsp3) is 0.125. The minimum atomic E-state index is -0.301. The molecule has 4 nitrogen and oxygen atoms in total. The van der Waals surface area contributed by atoms with Crippen LogP contribution in [0.3, 0.4) is 0 Å². The van der Waals surface area contributed by atoms with Gasteiger partial charge >= 0.3 is 0 Å². The molecular formula is C16H11Cl2NO3S. The summed E-state index contributed by atoms with van der Waals surface area (Å²) in [5, 5.41) is 0.750. The summed E-state index contributed by atoms with van der Waals surface area (Å²) in [4.78, 5) is 25.3. The molecule has 1 aromatic carbocycles. The normalized spacial score (nSPS) is 16.7. The van der Waals surface area contributed by atoms with Crippen LogP contribution in [0, 0.1) is 0 Å². The Balaban J connectivity index is 1.90. The molecule has 0 unspecified atom stereocenters. The van der Waals surface area contributed by atoms with Crippen molar-refractivity contribution >= 4 is 52.2 Å². The molecule has 1 saturated heterocycles. The molecule has 0 spiro atoms. The highest BCUT2D eigenvalue weighted by Gasteiger charge is 2.33. The number of carbonyl (C=O) groups excluding carboxylic acids is 2. The molecule has 0 saturated carbocycles. The van der Waals surface area contributed by atoms with Gasteiger partial charge in [-0.15, -0.1) is 0 Å². The first kappa shape index (κ1) is 16.2. The van der Waals surface area contributed by atoms with Crippen LogP contribution in [0.25, 0.3) is 17.4 Å². The van der Waals surface area contributed by atoms with Gasteiger partial charge in [-0.3, -0.25) is 14.5 Å². The highest BCUT2D eigenvalue weighted by atomic mass is 35.5. The predicted molar refractivity (Wildman–Crippen MR) is 92.5 cm³/mol. The molecular weight excluding hydrogens is 357 g/mol. The second-order valence-corrected chi connectivity index (χ2v) is 6.59. The summed E-state index contributed by atoms with van der Waals surface area (Å²) >= 11 is 12.9. The molecule has 118 valence electrons. The summed E-state index contributed by atoms with van der Waals surface area (Å²) in [6.45, 7) is 2.11. The maximum absolute atomic E-state index is 12.1. The molecule has 0 radical (unpaired) electrons. The number of imide groups is 1. The number of hydrogen-bond acceptors (Lipinski definition) is 4. The van der Waals surface area contributed by atoms with Gasteiger partial charge in [-0.05, 0) is 49.0 Å². The third kappa shape index (κ3) is 3.17. The molecule has 0 bridgehead atoms. The number of likely N-dealkylation sites (N-methyl/N-ethyl adjacent to an activating group) is 1. The number of amides is 2. The molecule has 2 heterocycles. The van der Waals surface area contributed by atoms with Crippen LogP contribution < -0.4 is 0 Å². The number of furan rings is 1. The Morgan fingerprint density at radius 3 is 2.65 bits per heavy atom. The Labute approximate surface area is 147 Å². The lowest BCUT2D eigenvalue weighted by Crippen LogP contribution is -2.27. The number of nitrogens with zero attached hydrogens (tertiary/aromatic N) is 1. The van der Waals surface area contributed by atoms with Gasteiger partial charge in [0.05, 0.1) is 9.93 Å². The van der Waals surface area contributed by atoms with E-state index in [2.05, 4.69) is 0 Å². The Morgan fingerprint density at radius 1 is 1.22 bits per heavy atom. The van der Waals surface area contributed by atoms with Crippen LogP contribution in [-0.2, 0) is 4.79 Å². The smallest absolute Gasteiger partial charge is 0.293 e. The van der Waals surface area contributed by atoms with Crippen LogP contribution in [-0.4, -0.2) is 22.6 Å². The standard InChI is InChI=1S/C16H11Cl2NO3S/c1-2-19-15(20)14(23-16(19)21)8-10-4-6-13(22-10)11-5-3-9(17)7-12(11)18/h3-8H,2H2,1H3. The molecule has 3 rings (SSSR count). The molecule has 1 fully saturated rings. The number of halogens is 2. The van der Waals surface area contributed by atoms with E-state index >= 15 is 0 Å². The van der Waals surface area contributed by atoms with Gasteiger partial charge in [0.2, 0.25) is 0 Å². The zero-order chi connectivity index (χ0) is 16.6. The summed E-state index contributed by atoms with van der Waals surface area (Å²) < 4.78 is 5.71. The lowest BCUT2D eigenvalue weighted by atomic mass is 10.2. The number of rotatable bonds is 3. The molecule has 23 heavy (non-hydrogen) atoms. The predicted octanol–water partition coefficient (Wildman–Crippen LogP) is 5.31. The number of thioether (sulfide) groups is 1. The van der Waals surface area contributed by atoms with E-state index in [1.807, 2.05) is 0 Å². The van der Waals surface area contributed by atoms with Crippen LogP contribution in [0.1, 0.15) is 12.7 Å². The maximum Gasteiger partial charge on any atom is 0.293 e. The molecule has 0 atom stereocenters. The summed E-state index contributed by atoms with van der Waals surface area (Å²) in [5.74, 6) is 0.741. The van der Waals surface area contributed by atoms with Gasteiger partial charge in [-0.25, -0.2) is 0 Å². The van der Waals surface area contributed by atoms with Crippen molar-refractivity contribution in [3.05, 3.63) is 51.0 Å². The van der Waals surface area contributed by atoms with Crippen LogP contribution in [0.5, 0.6) is 0 Å². The van der Waals surface area contributed by atoms with Gasteiger partial charge in [-0.1, -0.05) is 23.2 Å².